The Labute approximate surface area is 114 Å². The van der Waals surface area contributed by atoms with Crippen molar-refractivity contribution < 1.29 is 9.90 Å². The van der Waals surface area contributed by atoms with Gasteiger partial charge in [-0.05, 0) is 31.2 Å². The maximum atomic E-state index is 11.7. The number of nitrogens with zero attached hydrogens (tertiary/aromatic N) is 1. The second-order valence-electron chi connectivity index (χ2n) is 4.78. The lowest BCUT2D eigenvalue weighted by atomic mass is 10.2. The first kappa shape index (κ1) is 15.5. The number of amides is 1. The van der Waals surface area contributed by atoms with Gasteiger partial charge in [0.15, 0.2) is 0 Å². The highest BCUT2D eigenvalue weighted by molar-refractivity contribution is 5.91. The van der Waals surface area contributed by atoms with E-state index in [-0.39, 0.29) is 18.6 Å². The molecule has 1 aromatic carbocycles. The van der Waals surface area contributed by atoms with Crippen molar-refractivity contribution in [2.75, 3.05) is 37.5 Å². The van der Waals surface area contributed by atoms with E-state index >= 15 is 0 Å². The van der Waals surface area contributed by atoms with Crippen LogP contribution in [-0.2, 0) is 4.79 Å². The van der Waals surface area contributed by atoms with Crippen molar-refractivity contribution in [2.45, 2.75) is 19.4 Å². The van der Waals surface area contributed by atoms with E-state index in [0.29, 0.717) is 13.0 Å². The number of rotatable bonds is 7. The molecule has 0 heterocycles. The van der Waals surface area contributed by atoms with Crippen LogP contribution in [0.25, 0.3) is 0 Å². The van der Waals surface area contributed by atoms with Crippen LogP contribution in [-0.4, -0.2) is 44.3 Å². The largest absolute Gasteiger partial charge is 0.395 e. The van der Waals surface area contributed by atoms with Crippen LogP contribution in [0.1, 0.15) is 13.3 Å². The molecule has 1 aromatic rings. The summed E-state index contributed by atoms with van der Waals surface area (Å²) in [5.41, 5.74) is 1.89. The third-order valence-electron chi connectivity index (χ3n) is 2.79. The zero-order valence-electron chi connectivity index (χ0n) is 11.8. The molecule has 0 aliphatic carbocycles. The van der Waals surface area contributed by atoms with E-state index in [4.69, 9.17) is 5.11 Å². The number of hydrogen-bond acceptors (Lipinski definition) is 4. The Hall–Kier alpha value is -1.59. The molecule has 0 aliphatic rings. The Morgan fingerprint density at radius 1 is 1.32 bits per heavy atom. The highest BCUT2D eigenvalue weighted by Crippen LogP contribution is 2.15. The molecule has 5 nitrogen and oxygen atoms in total. The zero-order valence-corrected chi connectivity index (χ0v) is 11.8. The minimum atomic E-state index is -0.0322. The van der Waals surface area contributed by atoms with Gasteiger partial charge in [-0.1, -0.05) is 0 Å². The molecule has 19 heavy (non-hydrogen) atoms. The number of anilines is 2. The number of carbonyl (C=O) groups is 1. The molecule has 0 radical (unpaired) electrons. The molecule has 0 saturated heterocycles. The van der Waals surface area contributed by atoms with Gasteiger partial charge in [-0.3, -0.25) is 4.79 Å². The zero-order chi connectivity index (χ0) is 14.3. The third kappa shape index (κ3) is 5.72. The van der Waals surface area contributed by atoms with Gasteiger partial charge in [0, 0.05) is 44.5 Å². The average Bonchev–Trinajstić information content (AvgIpc) is 2.39. The van der Waals surface area contributed by atoms with Gasteiger partial charge in [0.25, 0.3) is 0 Å². The lowest BCUT2D eigenvalue weighted by Gasteiger charge is -2.13. The lowest BCUT2D eigenvalue weighted by Crippen LogP contribution is -2.32. The van der Waals surface area contributed by atoms with Crippen molar-refractivity contribution in [1.29, 1.82) is 0 Å². The van der Waals surface area contributed by atoms with E-state index in [0.717, 1.165) is 11.4 Å². The van der Waals surface area contributed by atoms with E-state index < -0.39 is 0 Å². The molecule has 5 heteroatoms. The molecular formula is C14H23N3O2. The minimum absolute atomic E-state index is 0.0205. The number of nitrogens with one attached hydrogen (secondary N) is 2. The van der Waals surface area contributed by atoms with Gasteiger partial charge in [0.05, 0.1) is 6.61 Å². The second kappa shape index (κ2) is 7.76. The van der Waals surface area contributed by atoms with Crippen LogP contribution >= 0.6 is 0 Å². The highest BCUT2D eigenvalue weighted by Gasteiger charge is 2.04. The summed E-state index contributed by atoms with van der Waals surface area (Å²) in [5.74, 6) is -0.0322. The molecule has 0 aliphatic heterocycles. The summed E-state index contributed by atoms with van der Waals surface area (Å²) in [6, 6.07) is 7.71. The fourth-order valence-corrected chi connectivity index (χ4v) is 1.56. The van der Waals surface area contributed by atoms with E-state index in [9.17, 15) is 4.79 Å². The predicted molar refractivity (Wildman–Crippen MR) is 78.6 cm³/mol. The van der Waals surface area contributed by atoms with Crippen molar-refractivity contribution in [3.8, 4) is 0 Å². The van der Waals surface area contributed by atoms with Crippen molar-refractivity contribution in [2.24, 2.45) is 0 Å². The summed E-state index contributed by atoms with van der Waals surface area (Å²) in [7, 11) is 3.95. The number of benzene rings is 1. The van der Waals surface area contributed by atoms with E-state index in [1.54, 1.807) is 0 Å². The van der Waals surface area contributed by atoms with E-state index in [2.05, 4.69) is 10.6 Å². The molecule has 1 rings (SSSR count). The Kier molecular flexibility index (Phi) is 6.32. The molecule has 0 bridgehead atoms. The van der Waals surface area contributed by atoms with Crippen LogP contribution in [0.5, 0.6) is 0 Å². The second-order valence-corrected chi connectivity index (χ2v) is 4.78. The number of aliphatic hydroxyl groups is 1. The summed E-state index contributed by atoms with van der Waals surface area (Å²) in [6.07, 6.45) is 0.389. The van der Waals surface area contributed by atoms with Gasteiger partial charge in [-0.15, -0.1) is 0 Å². The number of hydrogen-bond donors (Lipinski definition) is 3. The standard InChI is InChI=1S/C14H23N3O2/c1-11(10-18)15-9-8-14(19)16-12-4-6-13(7-5-12)17(2)3/h4-7,11,15,18H,8-10H2,1-3H3,(H,16,19)/t11-/m0/s1. The molecule has 0 spiro atoms. The van der Waals surface area contributed by atoms with Crippen LogP contribution in [0, 0.1) is 0 Å². The number of carbonyl (C=O) groups excluding carboxylic acids is 1. The van der Waals surface area contributed by atoms with Crippen LogP contribution in [0.3, 0.4) is 0 Å². The normalized spacial score (nSPS) is 12.0. The van der Waals surface area contributed by atoms with Gasteiger partial charge >= 0.3 is 0 Å². The lowest BCUT2D eigenvalue weighted by molar-refractivity contribution is -0.116. The van der Waals surface area contributed by atoms with Crippen molar-refractivity contribution in [3.05, 3.63) is 24.3 Å². The summed E-state index contributed by atoms with van der Waals surface area (Å²) in [4.78, 5) is 13.7. The van der Waals surface area contributed by atoms with Crippen LogP contribution in [0.4, 0.5) is 11.4 Å². The fourth-order valence-electron chi connectivity index (χ4n) is 1.56. The first-order valence-corrected chi connectivity index (χ1v) is 6.44. The first-order chi connectivity index (χ1) is 9.02. The van der Waals surface area contributed by atoms with Gasteiger partial charge in [-0.2, -0.15) is 0 Å². The molecular weight excluding hydrogens is 242 g/mol. The molecule has 106 valence electrons. The molecule has 0 aromatic heterocycles. The Morgan fingerprint density at radius 3 is 2.47 bits per heavy atom. The third-order valence-corrected chi connectivity index (χ3v) is 2.79. The summed E-state index contributed by atoms with van der Waals surface area (Å²) >= 11 is 0. The predicted octanol–water partition coefficient (Wildman–Crippen LogP) is 1.05. The topological polar surface area (TPSA) is 64.6 Å². The summed E-state index contributed by atoms with van der Waals surface area (Å²) < 4.78 is 0. The van der Waals surface area contributed by atoms with E-state index in [1.165, 1.54) is 0 Å². The highest BCUT2D eigenvalue weighted by atomic mass is 16.3. The summed E-state index contributed by atoms with van der Waals surface area (Å²) in [5, 5.41) is 14.7. The van der Waals surface area contributed by atoms with Crippen molar-refractivity contribution >= 4 is 17.3 Å². The summed E-state index contributed by atoms with van der Waals surface area (Å²) in [6.45, 7) is 2.51. The minimum Gasteiger partial charge on any atom is -0.395 e. The van der Waals surface area contributed by atoms with Crippen molar-refractivity contribution in [3.63, 3.8) is 0 Å². The Bertz CT molecular complexity index is 390. The van der Waals surface area contributed by atoms with Crippen LogP contribution < -0.4 is 15.5 Å². The molecule has 1 atom stereocenters. The van der Waals surface area contributed by atoms with Gasteiger partial charge < -0.3 is 20.6 Å². The van der Waals surface area contributed by atoms with Crippen molar-refractivity contribution in [1.82, 2.24) is 5.32 Å². The SMILES string of the molecule is C[C@@H](CO)NCCC(=O)Nc1ccc(N(C)C)cc1. The quantitative estimate of drug-likeness (QED) is 0.689. The molecule has 0 fully saturated rings. The average molecular weight is 265 g/mol. The van der Waals surface area contributed by atoms with Gasteiger partial charge in [0.2, 0.25) is 5.91 Å². The van der Waals surface area contributed by atoms with Crippen LogP contribution in [0.15, 0.2) is 24.3 Å². The Morgan fingerprint density at radius 2 is 1.95 bits per heavy atom. The molecule has 3 N–H and O–H groups in total. The monoisotopic (exact) mass is 265 g/mol. The number of aliphatic hydroxyl groups excluding tert-OH is 1. The molecule has 0 saturated carbocycles. The van der Waals surface area contributed by atoms with Gasteiger partial charge in [-0.25, -0.2) is 0 Å². The smallest absolute Gasteiger partial charge is 0.225 e. The van der Waals surface area contributed by atoms with Crippen LogP contribution in [0.2, 0.25) is 0 Å². The molecule has 1 amide bonds. The van der Waals surface area contributed by atoms with Gasteiger partial charge in [0.1, 0.15) is 0 Å². The maximum Gasteiger partial charge on any atom is 0.225 e. The maximum absolute atomic E-state index is 11.7. The fraction of sp³-hybridized carbons (Fsp3) is 0.500. The molecule has 0 unspecified atom stereocenters. The van der Waals surface area contributed by atoms with E-state index in [1.807, 2.05) is 50.2 Å². The Balaban J connectivity index is 2.36. The first-order valence-electron chi connectivity index (χ1n) is 6.44.